The average Bonchev–Trinajstić information content (AvgIpc) is 3.19. The van der Waals surface area contributed by atoms with Gasteiger partial charge >= 0.3 is 0 Å². The molecule has 1 aromatic carbocycles. The maximum atomic E-state index is 12.9. The third kappa shape index (κ3) is 4.90. The molecule has 1 atom stereocenters. The summed E-state index contributed by atoms with van der Waals surface area (Å²) in [5, 5.41) is 6.81. The SMILES string of the molecule is C=C(NCc1ccccc1)C1CCCN1.NC1(c2cccnc2F)CC1. The minimum Gasteiger partial charge on any atom is -0.383 e. The molecule has 5 heteroatoms. The van der Waals surface area contributed by atoms with Crippen LogP contribution in [0.15, 0.2) is 60.9 Å². The van der Waals surface area contributed by atoms with E-state index in [9.17, 15) is 4.39 Å². The summed E-state index contributed by atoms with van der Waals surface area (Å²) < 4.78 is 12.9. The molecule has 0 spiro atoms. The molecule has 1 unspecified atom stereocenters. The highest BCUT2D eigenvalue weighted by molar-refractivity contribution is 5.27. The number of aromatic nitrogens is 1. The van der Waals surface area contributed by atoms with Gasteiger partial charge < -0.3 is 16.4 Å². The zero-order chi connectivity index (χ0) is 18.4. The average molecular weight is 354 g/mol. The number of nitrogens with two attached hydrogens (primary N) is 1. The van der Waals surface area contributed by atoms with Gasteiger partial charge in [-0.05, 0) is 43.9 Å². The van der Waals surface area contributed by atoms with E-state index >= 15 is 0 Å². The molecule has 0 bridgehead atoms. The van der Waals surface area contributed by atoms with Crippen molar-refractivity contribution in [2.45, 2.75) is 43.8 Å². The number of nitrogens with one attached hydrogen (secondary N) is 2. The Balaban J connectivity index is 0.000000158. The number of rotatable bonds is 5. The molecule has 138 valence electrons. The van der Waals surface area contributed by atoms with Crippen LogP contribution in [-0.4, -0.2) is 17.6 Å². The number of pyridine rings is 1. The summed E-state index contributed by atoms with van der Waals surface area (Å²) in [5.74, 6) is -0.424. The summed E-state index contributed by atoms with van der Waals surface area (Å²) in [7, 11) is 0. The lowest BCUT2D eigenvalue weighted by Gasteiger charge is -2.16. The number of nitrogens with zero attached hydrogens (tertiary/aromatic N) is 1. The number of halogens is 1. The zero-order valence-electron chi connectivity index (χ0n) is 15.0. The fraction of sp³-hybridized carbons (Fsp3) is 0.381. The first-order chi connectivity index (χ1) is 12.6. The molecule has 4 N–H and O–H groups in total. The van der Waals surface area contributed by atoms with Crippen molar-refractivity contribution in [2.24, 2.45) is 5.73 Å². The first-order valence-electron chi connectivity index (χ1n) is 9.18. The fourth-order valence-corrected chi connectivity index (χ4v) is 3.08. The Kier molecular flexibility index (Phi) is 6.01. The molecule has 1 aliphatic heterocycles. The summed E-state index contributed by atoms with van der Waals surface area (Å²) in [5.41, 5.74) is 8.36. The normalized spacial score (nSPS) is 20.0. The van der Waals surface area contributed by atoms with Crippen LogP contribution in [0.25, 0.3) is 0 Å². The van der Waals surface area contributed by atoms with Crippen molar-refractivity contribution in [3.63, 3.8) is 0 Å². The van der Waals surface area contributed by atoms with Crippen LogP contribution in [0, 0.1) is 5.95 Å². The highest BCUT2D eigenvalue weighted by Gasteiger charge is 2.42. The maximum Gasteiger partial charge on any atom is 0.217 e. The fourth-order valence-electron chi connectivity index (χ4n) is 3.08. The largest absolute Gasteiger partial charge is 0.383 e. The van der Waals surface area contributed by atoms with Crippen LogP contribution in [0.5, 0.6) is 0 Å². The van der Waals surface area contributed by atoms with Crippen molar-refractivity contribution in [3.05, 3.63) is 78.0 Å². The van der Waals surface area contributed by atoms with Gasteiger partial charge in [0.15, 0.2) is 0 Å². The molecule has 1 aliphatic carbocycles. The minimum atomic E-state index is -0.424. The summed E-state index contributed by atoms with van der Waals surface area (Å²) in [4.78, 5) is 3.54. The molecule has 1 saturated heterocycles. The predicted octanol–water partition coefficient (Wildman–Crippen LogP) is 3.21. The highest BCUT2D eigenvalue weighted by Crippen LogP contribution is 2.43. The van der Waals surface area contributed by atoms with Gasteiger partial charge in [-0.25, -0.2) is 4.98 Å². The second-order valence-electron chi connectivity index (χ2n) is 7.01. The Morgan fingerprint density at radius 2 is 2.04 bits per heavy atom. The van der Waals surface area contributed by atoms with Gasteiger partial charge in [-0.3, -0.25) is 0 Å². The molecule has 2 fully saturated rings. The van der Waals surface area contributed by atoms with Gasteiger partial charge in [-0.15, -0.1) is 0 Å². The van der Waals surface area contributed by atoms with Crippen LogP contribution in [0.1, 0.15) is 36.8 Å². The van der Waals surface area contributed by atoms with Crippen LogP contribution in [0.2, 0.25) is 0 Å². The second kappa shape index (κ2) is 8.43. The smallest absolute Gasteiger partial charge is 0.217 e. The van der Waals surface area contributed by atoms with Crippen molar-refractivity contribution >= 4 is 0 Å². The topological polar surface area (TPSA) is 63.0 Å². The number of benzene rings is 1. The quantitative estimate of drug-likeness (QED) is 0.722. The van der Waals surface area contributed by atoms with Crippen LogP contribution < -0.4 is 16.4 Å². The van der Waals surface area contributed by atoms with E-state index in [1.807, 2.05) is 6.07 Å². The molecular weight excluding hydrogens is 327 g/mol. The Morgan fingerprint density at radius 3 is 2.65 bits per heavy atom. The van der Waals surface area contributed by atoms with E-state index in [1.54, 1.807) is 12.1 Å². The summed E-state index contributed by atoms with van der Waals surface area (Å²) in [6.07, 6.45) is 5.65. The van der Waals surface area contributed by atoms with E-state index in [0.29, 0.717) is 11.6 Å². The molecule has 4 nitrogen and oxygen atoms in total. The number of hydrogen-bond acceptors (Lipinski definition) is 4. The molecule has 0 radical (unpaired) electrons. The standard InChI is InChI=1S/C13H18N2.C8H9FN2/c1-11(13-8-5-9-14-13)15-10-12-6-3-2-4-7-12;9-7-6(2-1-5-11-7)8(10)3-4-8/h2-4,6-7,13-15H,1,5,8-10H2;1-2,5H,3-4,10H2. The summed E-state index contributed by atoms with van der Waals surface area (Å²) >= 11 is 0. The zero-order valence-corrected chi connectivity index (χ0v) is 15.0. The van der Waals surface area contributed by atoms with Gasteiger partial charge in [0, 0.05) is 35.6 Å². The second-order valence-corrected chi connectivity index (χ2v) is 7.01. The third-order valence-corrected chi connectivity index (χ3v) is 4.93. The van der Waals surface area contributed by atoms with Gasteiger partial charge in [0.25, 0.3) is 0 Å². The molecule has 26 heavy (non-hydrogen) atoms. The first kappa shape index (κ1) is 18.5. The van der Waals surface area contributed by atoms with Crippen molar-refractivity contribution in [3.8, 4) is 0 Å². The van der Waals surface area contributed by atoms with Crippen molar-refractivity contribution in [2.75, 3.05) is 6.54 Å². The molecule has 1 saturated carbocycles. The summed E-state index contributed by atoms with van der Waals surface area (Å²) in [6.45, 7) is 6.07. The van der Waals surface area contributed by atoms with Crippen molar-refractivity contribution in [1.29, 1.82) is 0 Å². The van der Waals surface area contributed by atoms with Gasteiger partial charge in [-0.1, -0.05) is 43.0 Å². The van der Waals surface area contributed by atoms with Crippen LogP contribution in [-0.2, 0) is 12.1 Å². The van der Waals surface area contributed by atoms with E-state index < -0.39 is 11.5 Å². The van der Waals surface area contributed by atoms with Crippen molar-refractivity contribution in [1.82, 2.24) is 15.6 Å². The van der Waals surface area contributed by atoms with Gasteiger partial charge in [0.05, 0.1) is 0 Å². The summed E-state index contributed by atoms with van der Waals surface area (Å²) in [6, 6.07) is 14.3. The molecular formula is C21H27FN4. The van der Waals surface area contributed by atoms with Crippen LogP contribution in [0.3, 0.4) is 0 Å². The molecule has 2 aliphatic rings. The Morgan fingerprint density at radius 1 is 1.27 bits per heavy atom. The lowest BCUT2D eigenvalue weighted by molar-refractivity contribution is 0.540. The Hall–Kier alpha value is -2.24. The number of hydrogen-bond donors (Lipinski definition) is 3. The molecule has 1 aromatic heterocycles. The van der Waals surface area contributed by atoms with Gasteiger partial charge in [0.1, 0.15) is 0 Å². The van der Waals surface area contributed by atoms with Crippen LogP contribution in [0.4, 0.5) is 4.39 Å². The molecule has 2 heterocycles. The molecule has 0 amide bonds. The van der Waals surface area contributed by atoms with E-state index in [-0.39, 0.29) is 0 Å². The van der Waals surface area contributed by atoms with Crippen molar-refractivity contribution < 1.29 is 4.39 Å². The Bertz CT molecular complexity index is 722. The van der Waals surface area contributed by atoms with Crippen LogP contribution >= 0.6 is 0 Å². The van der Waals surface area contributed by atoms with E-state index in [2.05, 4.69) is 46.5 Å². The third-order valence-electron chi connectivity index (χ3n) is 4.93. The lowest BCUT2D eigenvalue weighted by atomic mass is 10.1. The van der Waals surface area contributed by atoms with Gasteiger partial charge in [0.2, 0.25) is 5.95 Å². The van der Waals surface area contributed by atoms with Gasteiger partial charge in [-0.2, -0.15) is 4.39 Å². The lowest BCUT2D eigenvalue weighted by Crippen LogP contribution is -2.30. The monoisotopic (exact) mass is 354 g/mol. The molecule has 4 rings (SSSR count). The predicted molar refractivity (Wildman–Crippen MR) is 103 cm³/mol. The minimum absolute atomic E-state index is 0.404. The maximum absolute atomic E-state index is 12.9. The van der Waals surface area contributed by atoms with E-state index in [1.165, 1.54) is 24.6 Å². The molecule has 2 aromatic rings. The van der Waals surface area contributed by atoms with E-state index in [4.69, 9.17) is 5.73 Å². The first-order valence-corrected chi connectivity index (χ1v) is 9.18. The van der Waals surface area contributed by atoms with E-state index in [0.717, 1.165) is 31.6 Å². The Labute approximate surface area is 154 Å². The highest BCUT2D eigenvalue weighted by atomic mass is 19.1.